The molecule has 0 N–H and O–H groups in total. The molecule has 8 heteroatoms. The van der Waals surface area contributed by atoms with Crippen LogP contribution in [0, 0.1) is 0 Å². The van der Waals surface area contributed by atoms with Gasteiger partial charge in [0.25, 0.3) is 0 Å². The molecule has 0 bridgehead atoms. The fraction of sp³-hybridized carbons (Fsp3) is 0.188. The minimum atomic E-state index is -0.710. The maximum absolute atomic E-state index is 12.7. The summed E-state index contributed by atoms with van der Waals surface area (Å²) in [6.45, 7) is 0.416. The molecule has 2 aromatic heterocycles. The number of amides is 1. The van der Waals surface area contributed by atoms with E-state index < -0.39 is 5.76 Å². The molecule has 0 atom stereocenters. The highest BCUT2D eigenvalue weighted by atomic mass is 16.5. The van der Waals surface area contributed by atoms with Crippen LogP contribution in [-0.2, 0) is 17.8 Å². The number of hydrogen-bond acceptors (Lipinski definition) is 6. The SMILES string of the molecule is O=C(Cn1c(-c2ncccn2)noc1=O)N1CCc2ccccc21. The molecule has 1 aromatic carbocycles. The molecule has 0 aliphatic carbocycles. The van der Waals surface area contributed by atoms with Crippen LogP contribution in [0.15, 0.2) is 52.0 Å². The number of carbonyl (C=O) groups is 1. The van der Waals surface area contributed by atoms with Crippen LogP contribution in [0.1, 0.15) is 5.56 Å². The number of hydrogen-bond donors (Lipinski definition) is 0. The van der Waals surface area contributed by atoms with E-state index in [-0.39, 0.29) is 24.1 Å². The summed E-state index contributed by atoms with van der Waals surface area (Å²) in [5.41, 5.74) is 2.00. The second-order valence-electron chi connectivity index (χ2n) is 5.35. The molecular weight excluding hydrogens is 310 g/mol. The summed E-state index contributed by atoms with van der Waals surface area (Å²) < 4.78 is 5.84. The van der Waals surface area contributed by atoms with Gasteiger partial charge in [0, 0.05) is 24.6 Å². The van der Waals surface area contributed by atoms with Gasteiger partial charge in [-0.2, -0.15) is 0 Å². The Balaban J connectivity index is 1.64. The van der Waals surface area contributed by atoms with Crippen molar-refractivity contribution in [3.05, 3.63) is 58.8 Å². The van der Waals surface area contributed by atoms with Crippen LogP contribution >= 0.6 is 0 Å². The Hall–Kier alpha value is -3.29. The molecule has 4 rings (SSSR count). The second kappa shape index (κ2) is 5.73. The molecule has 1 aliphatic heterocycles. The summed E-state index contributed by atoms with van der Waals surface area (Å²) in [5.74, 6) is -0.542. The van der Waals surface area contributed by atoms with Gasteiger partial charge < -0.3 is 4.90 Å². The monoisotopic (exact) mass is 323 g/mol. The molecule has 0 saturated carbocycles. The normalized spacial score (nSPS) is 13.1. The van der Waals surface area contributed by atoms with Gasteiger partial charge in [0.2, 0.25) is 11.7 Å². The minimum Gasteiger partial charge on any atom is -0.310 e. The van der Waals surface area contributed by atoms with Crippen molar-refractivity contribution in [3.8, 4) is 11.6 Å². The molecule has 1 amide bonds. The molecular formula is C16H13N5O3. The van der Waals surface area contributed by atoms with E-state index in [4.69, 9.17) is 0 Å². The zero-order valence-electron chi connectivity index (χ0n) is 12.6. The zero-order chi connectivity index (χ0) is 16.5. The summed E-state index contributed by atoms with van der Waals surface area (Å²) in [6, 6.07) is 9.38. The van der Waals surface area contributed by atoms with Crippen LogP contribution in [0.5, 0.6) is 0 Å². The Morgan fingerprint density at radius 1 is 1.17 bits per heavy atom. The van der Waals surface area contributed by atoms with Gasteiger partial charge in [-0.25, -0.2) is 19.3 Å². The Morgan fingerprint density at radius 2 is 1.96 bits per heavy atom. The van der Waals surface area contributed by atoms with Crippen molar-refractivity contribution in [3.63, 3.8) is 0 Å². The molecule has 1 aliphatic rings. The summed E-state index contributed by atoms with van der Waals surface area (Å²) >= 11 is 0. The summed E-state index contributed by atoms with van der Waals surface area (Å²) in [7, 11) is 0. The first-order valence-corrected chi connectivity index (χ1v) is 7.46. The van der Waals surface area contributed by atoms with E-state index in [1.807, 2.05) is 24.3 Å². The summed E-state index contributed by atoms with van der Waals surface area (Å²) in [5, 5.41) is 3.69. The van der Waals surface area contributed by atoms with Crippen molar-refractivity contribution in [2.75, 3.05) is 11.4 Å². The number of anilines is 1. The van der Waals surface area contributed by atoms with Gasteiger partial charge in [-0.05, 0) is 24.1 Å². The highest BCUT2D eigenvalue weighted by molar-refractivity contribution is 5.95. The largest absolute Gasteiger partial charge is 0.442 e. The summed E-state index contributed by atoms with van der Waals surface area (Å²) in [4.78, 5) is 34.3. The highest BCUT2D eigenvalue weighted by Crippen LogP contribution is 2.27. The molecule has 8 nitrogen and oxygen atoms in total. The number of benzene rings is 1. The van der Waals surface area contributed by atoms with Crippen molar-refractivity contribution in [1.82, 2.24) is 19.7 Å². The maximum atomic E-state index is 12.7. The first-order chi connectivity index (χ1) is 11.7. The average molecular weight is 323 g/mol. The van der Waals surface area contributed by atoms with Crippen LogP contribution < -0.4 is 10.7 Å². The molecule has 120 valence electrons. The minimum absolute atomic E-state index is 0.140. The number of aromatic nitrogens is 4. The molecule has 0 fully saturated rings. The van der Waals surface area contributed by atoms with E-state index in [1.54, 1.807) is 11.0 Å². The number of rotatable bonds is 3. The van der Waals surface area contributed by atoms with Crippen molar-refractivity contribution in [1.29, 1.82) is 0 Å². The molecule has 3 aromatic rings. The molecule has 3 heterocycles. The van der Waals surface area contributed by atoms with Crippen LogP contribution in [0.3, 0.4) is 0 Å². The van der Waals surface area contributed by atoms with Crippen molar-refractivity contribution in [2.24, 2.45) is 0 Å². The van der Waals surface area contributed by atoms with Gasteiger partial charge in [-0.15, -0.1) is 0 Å². The number of para-hydroxylation sites is 1. The topological polar surface area (TPSA) is 94.1 Å². The van der Waals surface area contributed by atoms with Crippen LogP contribution in [-0.4, -0.2) is 32.1 Å². The number of fused-ring (bicyclic) bond motifs is 1. The fourth-order valence-electron chi connectivity index (χ4n) is 2.80. The van der Waals surface area contributed by atoms with Crippen molar-refractivity contribution < 1.29 is 9.32 Å². The number of nitrogens with zero attached hydrogens (tertiary/aromatic N) is 5. The lowest BCUT2D eigenvalue weighted by Crippen LogP contribution is -2.34. The van der Waals surface area contributed by atoms with E-state index in [2.05, 4.69) is 19.6 Å². The first-order valence-electron chi connectivity index (χ1n) is 7.46. The van der Waals surface area contributed by atoms with E-state index >= 15 is 0 Å². The molecule has 0 spiro atoms. The van der Waals surface area contributed by atoms with Crippen molar-refractivity contribution in [2.45, 2.75) is 13.0 Å². The first kappa shape index (κ1) is 14.3. The van der Waals surface area contributed by atoms with E-state index in [0.717, 1.165) is 22.2 Å². The van der Waals surface area contributed by atoms with E-state index in [1.165, 1.54) is 12.4 Å². The van der Waals surface area contributed by atoms with Crippen LogP contribution in [0.4, 0.5) is 5.69 Å². The third-order valence-corrected chi connectivity index (χ3v) is 3.93. The smallest absolute Gasteiger partial charge is 0.310 e. The van der Waals surface area contributed by atoms with E-state index in [9.17, 15) is 9.59 Å². The van der Waals surface area contributed by atoms with Gasteiger partial charge >= 0.3 is 5.76 Å². The van der Waals surface area contributed by atoms with Gasteiger partial charge in [0.15, 0.2) is 5.82 Å². The third-order valence-electron chi connectivity index (χ3n) is 3.93. The van der Waals surface area contributed by atoms with Crippen LogP contribution in [0.2, 0.25) is 0 Å². The van der Waals surface area contributed by atoms with Gasteiger partial charge in [-0.1, -0.05) is 23.4 Å². The predicted octanol–water partition coefficient (Wildman–Crippen LogP) is 0.883. The predicted molar refractivity (Wildman–Crippen MR) is 84.3 cm³/mol. The molecule has 0 radical (unpaired) electrons. The molecule has 0 saturated heterocycles. The fourth-order valence-corrected chi connectivity index (χ4v) is 2.80. The lowest BCUT2D eigenvalue weighted by molar-refractivity contribution is -0.119. The lowest BCUT2D eigenvalue weighted by Gasteiger charge is -2.17. The van der Waals surface area contributed by atoms with Gasteiger partial charge in [0.1, 0.15) is 6.54 Å². The van der Waals surface area contributed by atoms with E-state index in [0.29, 0.717) is 6.54 Å². The maximum Gasteiger partial charge on any atom is 0.442 e. The standard InChI is InChI=1S/C16H13N5O3/c22-13(20-9-6-11-4-1-2-5-12(11)20)10-21-15(19-24-16(21)23)14-17-7-3-8-18-14/h1-5,7-8H,6,9-10H2. The van der Waals surface area contributed by atoms with Crippen molar-refractivity contribution >= 4 is 11.6 Å². The molecule has 0 unspecified atom stereocenters. The lowest BCUT2D eigenvalue weighted by atomic mass is 10.2. The Labute approximate surface area is 136 Å². The Bertz CT molecular complexity index is 948. The quantitative estimate of drug-likeness (QED) is 0.710. The van der Waals surface area contributed by atoms with Gasteiger partial charge in [-0.3, -0.25) is 9.32 Å². The second-order valence-corrected chi connectivity index (χ2v) is 5.35. The summed E-state index contributed by atoms with van der Waals surface area (Å²) in [6.07, 6.45) is 3.86. The third kappa shape index (κ3) is 2.37. The van der Waals surface area contributed by atoms with Gasteiger partial charge in [0.05, 0.1) is 0 Å². The Kier molecular flexibility index (Phi) is 3.42. The number of carbonyl (C=O) groups excluding carboxylic acids is 1. The Morgan fingerprint density at radius 3 is 2.79 bits per heavy atom. The molecule has 24 heavy (non-hydrogen) atoms. The average Bonchev–Trinajstić information content (AvgIpc) is 3.20. The van der Waals surface area contributed by atoms with Crippen LogP contribution in [0.25, 0.3) is 11.6 Å². The zero-order valence-corrected chi connectivity index (χ0v) is 12.6. The highest BCUT2D eigenvalue weighted by Gasteiger charge is 2.26.